The summed E-state index contributed by atoms with van der Waals surface area (Å²) in [6, 6.07) is 3.85. The first-order chi connectivity index (χ1) is 9.11. The Balaban J connectivity index is 2.37. The highest BCUT2D eigenvalue weighted by Gasteiger charge is 2.12. The molecule has 0 radical (unpaired) electrons. The third kappa shape index (κ3) is 3.15. The number of aromatic nitrogens is 3. The number of nitrogens with two attached hydrogens (primary N) is 1. The zero-order valence-electron chi connectivity index (χ0n) is 11.7. The van der Waals surface area contributed by atoms with E-state index < -0.39 is 0 Å². The fourth-order valence-electron chi connectivity index (χ4n) is 2.10. The maximum absolute atomic E-state index is 5.69. The van der Waals surface area contributed by atoms with E-state index in [0.29, 0.717) is 12.5 Å². The van der Waals surface area contributed by atoms with E-state index in [1.54, 1.807) is 12.4 Å². The van der Waals surface area contributed by atoms with Gasteiger partial charge in [0.15, 0.2) is 5.82 Å². The molecule has 0 spiro atoms. The van der Waals surface area contributed by atoms with Crippen molar-refractivity contribution in [2.24, 2.45) is 11.7 Å². The summed E-state index contributed by atoms with van der Waals surface area (Å²) in [7, 11) is 0. The Bertz CT molecular complexity index is 528. The summed E-state index contributed by atoms with van der Waals surface area (Å²) in [5, 5.41) is 0. The predicted molar refractivity (Wildman–Crippen MR) is 76.7 cm³/mol. The number of hydrogen-bond donors (Lipinski definition) is 1. The van der Waals surface area contributed by atoms with Crippen LogP contribution in [0, 0.1) is 19.8 Å². The Morgan fingerprint density at radius 3 is 2.21 bits per heavy atom. The lowest BCUT2D eigenvalue weighted by molar-refractivity contribution is 0.586. The van der Waals surface area contributed by atoms with Crippen LogP contribution in [0.2, 0.25) is 0 Å². The van der Waals surface area contributed by atoms with Crippen molar-refractivity contribution in [3.63, 3.8) is 0 Å². The van der Waals surface area contributed by atoms with E-state index in [4.69, 9.17) is 5.73 Å². The summed E-state index contributed by atoms with van der Waals surface area (Å²) in [4.78, 5) is 13.2. The van der Waals surface area contributed by atoms with Gasteiger partial charge in [-0.25, -0.2) is 9.97 Å². The lowest BCUT2D eigenvalue weighted by atomic mass is 9.99. The number of hydrogen-bond acceptors (Lipinski definition) is 4. The fraction of sp³-hybridized carbons (Fsp3) is 0.400. The van der Waals surface area contributed by atoms with Gasteiger partial charge < -0.3 is 5.73 Å². The summed E-state index contributed by atoms with van der Waals surface area (Å²) in [6.07, 6.45) is 4.45. The van der Waals surface area contributed by atoms with Gasteiger partial charge in [0.2, 0.25) is 0 Å². The van der Waals surface area contributed by atoms with Gasteiger partial charge >= 0.3 is 0 Å². The molecule has 4 nitrogen and oxygen atoms in total. The summed E-state index contributed by atoms with van der Waals surface area (Å²) in [5.41, 5.74) is 9.99. The van der Waals surface area contributed by atoms with Crippen LogP contribution in [0.1, 0.15) is 23.9 Å². The molecule has 2 aromatic rings. The molecule has 0 saturated carbocycles. The second-order valence-electron chi connectivity index (χ2n) is 4.98. The van der Waals surface area contributed by atoms with E-state index in [1.165, 1.54) is 5.56 Å². The average Bonchev–Trinajstić information content (AvgIpc) is 2.43. The monoisotopic (exact) mass is 256 g/mol. The third-order valence-corrected chi connectivity index (χ3v) is 3.31. The van der Waals surface area contributed by atoms with Crippen LogP contribution >= 0.6 is 0 Å². The van der Waals surface area contributed by atoms with E-state index in [0.717, 1.165) is 29.2 Å². The van der Waals surface area contributed by atoms with Crippen molar-refractivity contribution in [2.45, 2.75) is 27.2 Å². The highest BCUT2D eigenvalue weighted by molar-refractivity contribution is 5.54. The minimum absolute atomic E-state index is 0.452. The van der Waals surface area contributed by atoms with Gasteiger partial charge in [0.1, 0.15) is 0 Å². The topological polar surface area (TPSA) is 64.7 Å². The average molecular weight is 256 g/mol. The molecular formula is C15H20N4. The molecule has 0 aliphatic rings. The Morgan fingerprint density at radius 1 is 1.11 bits per heavy atom. The second kappa shape index (κ2) is 5.89. The first-order valence-corrected chi connectivity index (χ1v) is 6.56. The van der Waals surface area contributed by atoms with E-state index in [9.17, 15) is 0 Å². The Hall–Kier alpha value is -1.81. The molecule has 1 atom stereocenters. The van der Waals surface area contributed by atoms with Crippen molar-refractivity contribution < 1.29 is 0 Å². The SMILES string of the molecule is Cc1nc(-c2ccncc2)nc(C)c1CC(C)CN. The zero-order valence-corrected chi connectivity index (χ0v) is 11.7. The Kier molecular flexibility index (Phi) is 4.22. The van der Waals surface area contributed by atoms with Gasteiger partial charge in [-0.1, -0.05) is 6.92 Å². The van der Waals surface area contributed by atoms with Crippen LogP contribution in [0.5, 0.6) is 0 Å². The molecule has 0 amide bonds. The van der Waals surface area contributed by atoms with Crippen LogP contribution in [-0.2, 0) is 6.42 Å². The third-order valence-electron chi connectivity index (χ3n) is 3.31. The standard InChI is InChI=1S/C15H20N4/c1-10(9-16)8-14-11(2)18-15(19-12(14)3)13-4-6-17-7-5-13/h4-7,10H,8-9,16H2,1-3H3. The first-order valence-electron chi connectivity index (χ1n) is 6.56. The van der Waals surface area contributed by atoms with Crippen LogP contribution in [-0.4, -0.2) is 21.5 Å². The van der Waals surface area contributed by atoms with E-state index in [1.807, 2.05) is 26.0 Å². The summed E-state index contributed by atoms with van der Waals surface area (Å²) in [6.45, 7) is 6.91. The Labute approximate surface area is 114 Å². The number of rotatable bonds is 4. The molecule has 2 rings (SSSR count). The van der Waals surface area contributed by atoms with Gasteiger partial charge in [-0.3, -0.25) is 4.98 Å². The Morgan fingerprint density at radius 2 is 1.68 bits per heavy atom. The molecule has 19 heavy (non-hydrogen) atoms. The molecular weight excluding hydrogens is 236 g/mol. The van der Waals surface area contributed by atoms with Gasteiger partial charge in [-0.15, -0.1) is 0 Å². The second-order valence-corrected chi connectivity index (χ2v) is 4.98. The number of pyridine rings is 1. The highest BCUT2D eigenvalue weighted by Crippen LogP contribution is 2.20. The first kappa shape index (κ1) is 13.6. The van der Waals surface area contributed by atoms with Crippen molar-refractivity contribution in [1.29, 1.82) is 0 Å². The van der Waals surface area contributed by atoms with Crippen molar-refractivity contribution in [2.75, 3.05) is 6.54 Å². The molecule has 2 heterocycles. The maximum atomic E-state index is 5.69. The van der Waals surface area contributed by atoms with Gasteiger partial charge in [0.25, 0.3) is 0 Å². The van der Waals surface area contributed by atoms with E-state index in [2.05, 4.69) is 21.9 Å². The lowest BCUT2D eigenvalue weighted by Gasteiger charge is -2.14. The molecule has 0 bridgehead atoms. The number of aryl methyl sites for hydroxylation is 2. The van der Waals surface area contributed by atoms with Crippen LogP contribution in [0.3, 0.4) is 0 Å². The van der Waals surface area contributed by atoms with Crippen LogP contribution in [0.15, 0.2) is 24.5 Å². The molecule has 100 valence electrons. The summed E-state index contributed by atoms with van der Waals surface area (Å²) in [5.74, 6) is 1.22. The molecule has 0 aliphatic carbocycles. The molecule has 0 aliphatic heterocycles. The smallest absolute Gasteiger partial charge is 0.159 e. The van der Waals surface area contributed by atoms with Gasteiger partial charge in [0.05, 0.1) is 0 Å². The van der Waals surface area contributed by atoms with E-state index >= 15 is 0 Å². The molecule has 0 fully saturated rings. The van der Waals surface area contributed by atoms with Crippen molar-refractivity contribution in [1.82, 2.24) is 15.0 Å². The quantitative estimate of drug-likeness (QED) is 0.911. The fourth-order valence-corrected chi connectivity index (χ4v) is 2.10. The number of nitrogens with zero attached hydrogens (tertiary/aromatic N) is 3. The van der Waals surface area contributed by atoms with Gasteiger partial charge in [-0.2, -0.15) is 0 Å². The highest BCUT2D eigenvalue weighted by atomic mass is 14.9. The van der Waals surface area contributed by atoms with Crippen LogP contribution < -0.4 is 5.73 Å². The summed E-state index contributed by atoms with van der Waals surface area (Å²) >= 11 is 0. The molecule has 0 aromatic carbocycles. The normalized spacial score (nSPS) is 12.4. The minimum Gasteiger partial charge on any atom is -0.330 e. The van der Waals surface area contributed by atoms with Gasteiger partial charge in [0, 0.05) is 29.3 Å². The molecule has 4 heteroatoms. The van der Waals surface area contributed by atoms with E-state index in [-0.39, 0.29) is 0 Å². The molecule has 2 aromatic heterocycles. The molecule has 1 unspecified atom stereocenters. The van der Waals surface area contributed by atoms with Crippen LogP contribution in [0.4, 0.5) is 0 Å². The largest absolute Gasteiger partial charge is 0.330 e. The lowest BCUT2D eigenvalue weighted by Crippen LogP contribution is -2.15. The minimum atomic E-state index is 0.452. The van der Waals surface area contributed by atoms with Crippen molar-refractivity contribution >= 4 is 0 Å². The van der Waals surface area contributed by atoms with Crippen molar-refractivity contribution in [3.05, 3.63) is 41.5 Å². The summed E-state index contributed by atoms with van der Waals surface area (Å²) < 4.78 is 0. The van der Waals surface area contributed by atoms with Crippen LogP contribution in [0.25, 0.3) is 11.4 Å². The zero-order chi connectivity index (χ0) is 13.8. The predicted octanol–water partition coefficient (Wildman–Crippen LogP) is 2.29. The molecule has 0 saturated heterocycles. The maximum Gasteiger partial charge on any atom is 0.159 e. The molecule has 2 N–H and O–H groups in total. The van der Waals surface area contributed by atoms with Gasteiger partial charge in [-0.05, 0) is 50.4 Å². The van der Waals surface area contributed by atoms with Crippen molar-refractivity contribution in [3.8, 4) is 11.4 Å².